The summed E-state index contributed by atoms with van der Waals surface area (Å²) in [6.07, 6.45) is 5.48. The van der Waals surface area contributed by atoms with Crippen molar-refractivity contribution in [1.82, 2.24) is 4.57 Å². The summed E-state index contributed by atoms with van der Waals surface area (Å²) in [7, 11) is 0. The SMILES string of the molecule is O=c1c(=Cc2ccccc2)sc2n1C(c1ccccc1)C1(O)CCCCC1N=2. The maximum atomic E-state index is 13.4. The molecular weight excluding hydrogens is 368 g/mol. The second kappa shape index (κ2) is 6.83. The first kappa shape index (κ1) is 17.6. The van der Waals surface area contributed by atoms with Crippen molar-refractivity contribution < 1.29 is 5.11 Å². The van der Waals surface area contributed by atoms with Crippen molar-refractivity contribution in [2.45, 2.75) is 43.4 Å². The van der Waals surface area contributed by atoms with Crippen molar-refractivity contribution in [3.8, 4) is 0 Å². The van der Waals surface area contributed by atoms with Crippen LogP contribution >= 0.6 is 11.3 Å². The van der Waals surface area contributed by atoms with Gasteiger partial charge in [-0.2, -0.15) is 0 Å². The Morgan fingerprint density at radius 2 is 1.79 bits per heavy atom. The largest absolute Gasteiger partial charge is 0.385 e. The molecule has 5 rings (SSSR count). The number of benzene rings is 2. The summed E-state index contributed by atoms with van der Waals surface area (Å²) in [5, 5.41) is 11.7. The monoisotopic (exact) mass is 390 g/mol. The number of hydrogen-bond donors (Lipinski definition) is 1. The van der Waals surface area contributed by atoms with Crippen LogP contribution in [-0.4, -0.2) is 21.3 Å². The molecule has 142 valence electrons. The fraction of sp³-hybridized carbons (Fsp3) is 0.304. The van der Waals surface area contributed by atoms with E-state index in [9.17, 15) is 9.90 Å². The highest BCUT2D eigenvalue weighted by Gasteiger charge is 2.50. The lowest BCUT2D eigenvalue weighted by Crippen LogP contribution is -2.58. The first-order valence-electron chi connectivity index (χ1n) is 9.80. The van der Waals surface area contributed by atoms with Gasteiger partial charge in [-0.1, -0.05) is 84.8 Å². The molecule has 0 spiro atoms. The molecule has 3 aromatic rings. The van der Waals surface area contributed by atoms with Gasteiger partial charge in [0.15, 0.2) is 4.80 Å². The predicted octanol–water partition coefficient (Wildman–Crippen LogP) is 2.63. The van der Waals surface area contributed by atoms with Gasteiger partial charge in [-0.15, -0.1) is 0 Å². The number of fused-ring (bicyclic) bond motifs is 2. The van der Waals surface area contributed by atoms with Gasteiger partial charge < -0.3 is 5.11 Å². The molecule has 1 aromatic heterocycles. The summed E-state index contributed by atoms with van der Waals surface area (Å²) in [6, 6.07) is 19.2. The molecule has 2 aromatic carbocycles. The second-order valence-electron chi connectivity index (χ2n) is 7.67. The van der Waals surface area contributed by atoms with Gasteiger partial charge in [0, 0.05) is 0 Å². The fourth-order valence-electron chi connectivity index (χ4n) is 4.59. The van der Waals surface area contributed by atoms with Crippen LogP contribution in [0.4, 0.5) is 0 Å². The van der Waals surface area contributed by atoms with Crippen LogP contribution in [0, 0.1) is 0 Å². The van der Waals surface area contributed by atoms with Crippen LogP contribution in [0.3, 0.4) is 0 Å². The maximum Gasteiger partial charge on any atom is 0.270 e. The quantitative estimate of drug-likeness (QED) is 0.731. The molecule has 1 saturated carbocycles. The molecule has 0 amide bonds. The Balaban J connectivity index is 1.77. The molecule has 4 nitrogen and oxygen atoms in total. The Labute approximate surface area is 167 Å². The zero-order chi connectivity index (χ0) is 19.1. The molecule has 2 aliphatic rings. The third-order valence-corrected chi connectivity index (χ3v) is 6.93. The minimum atomic E-state index is -1.01. The Morgan fingerprint density at radius 1 is 1.07 bits per heavy atom. The molecule has 0 radical (unpaired) electrons. The number of aliphatic hydroxyl groups is 1. The van der Waals surface area contributed by atoms with Crippen molar-refractivity contribution >= 4 is 17.4 Å². The summed E-state index contributed by atoms with van der Waals surface area (Å²) < 4.78 is 2.39. The van der Waals surface area contributed by atoms with Crippen LogP contribution in [0.1, 0.15) is 42.9 Å². The third-order valence-electron chi connectivity index (χ3n) is 5.93. The van der Waals surface area contributed by atoms with Crippen molar-refractivity contribution in [2.24, 2.45) is 4.99 Å². The molecule has 3 atom stereocenters. The third kappa shape index (κ3) is 2.77. The van der Waals surface area contributed by atoms with Crippen LogP contribution in [0.5, 0.6) is 0 Å². The zero-order valence-corrected chi connectivity index (χ0v) is 16.3. The minimum absolute atomic E-state index is 0.0705. The smallest absolute Gasteiger partial charge is 0.270 e. The summed E-state index contributed by atoms with van der Waals surface area (Å²) in [6.45, 7) is 0. The second-order valence-corrected chi connectivity index (χ2v) is 8.68. The average molecular weight is 391 g/mol. The van der Waals surface area contributed by atoms with E-state index in [1.54, 1.807) is 4.57 Å². The normalized spacial score (nSPS) is 27.0. The number of nitrogens with zero attached hydrogens (tertiary/aromatic N) is 2. The van der Waals surface area contributed by atoms with E-state index < -0.39 is 11.6 Å². The summed E-state index contributed by atoms with van der Waals surface area (Å²) in [5.41, 5.74) is 0.880. The van der Waals surface area contributed by atoms with Gasteiger partial charge in [-0.3, -0.25) is 14.4 Å². The van der Waals surface area contributed by atoms with Crippen molar-refractivity contribution in [3.63, 3.8) is 0 Å². The molecule has 1 N–H and O–H groups in total. The Bertz CT molecular complexity index is 1170. The van der Waals surface area contributed by atoms with Gasteiger partial charge in [-0.25, -0.2) is 0 Å². The molecule has 2 heterocycles. The molecule has 0 saturated heterocycles. The molecule has 1 fully saturated rings. The van der Waals surface area contributed by atoms with Gasteiger partial charge in [0.25, 0.3) is 5.56 Å². The van der Waals surface area contributed by atoms with E-state index in [1.165, 1.54) is 11.3 Å². The van der Waals surface area contributed by atoms with E-state index in [1.807, 2.05) is 66.7 Å². The lowest BCUT2D eigenvalue weighted by Gasteiger charge is -2.45. The van der Waals surface area contributed by atoms with Gasteiger partial charge >= 0.3 is 0 Å². The molecule has 28 heavy (non-hydrogen) atoms. The molecule has 1 aliphatic heterocycles. The topological polar surface area (TPSA) is 54.6 Å². The molecular formula is C23H22N2O2S. The van der Waals surface area contributed by atoms with E-state index in [0.29, 0.717) is 11.0 Å². The van der Waals surface area contributed by atoms with Crippen molar-refractivity contribution in [1.29, 1.82) is 0 Å². The molecule has 0 bridgehead atoms. The fourth-order valence-corrected chi connectivity index (χ4v) is 5.64. The Kier molecular flexibility index (Phi) is 4.29. The van der Waals surface area contributed by atoms with Gasteiger partial charge in [-0.05, 0) is 30.0 Å². The van der Waals surface area contributed by atoms with E-state index in [4.69, 9.17) is 4.99 Å². The van der Waals surface area contributed by atoms with Crippen LogP contribution < -0.4 is 14.9 Å². The number of aromatic nitrogens is 1. The van der Waals surface area contributed by atoms with Crippen LogP contribution in [0.15, 0.2) is 70.5 Å². The first-order chi connectivity index (χ1) is 13.7. The highest BCUT2D eigenvalue weighted by atomic mass is 32.1. The van der Waals surface area contributed by atoms with Crippen molar-refractivity contribution in [2.75, 3.05) is 0 Å². The Hall–Kier alpha value is -2.50. The van der Waals surface area contributed by atoms with Crippen LogP contribution in [-0.2, 0) is 0 Å². The highest BCUT2D eigenvalue weighted by Crippen LogP contribution is 2.42. The molecule has 3 unspecified atom stereocenters. The van der Waals surface area contributed by atoms with Gasteiger partial charge in [0.05, 0.1) is 16.6 Å². The zero-order valence-electron chi connectivity index (χ0n) is 15.5. The predicted molar refractivity (Wildman–Crippen MR) is 111 cm³/mol. The maximum absolute atomic E-state index is 13.4. The number of thiazole rings is 1. The van der Waals surface area contributed by atoms with Gasteiger partial charge in [0.2, 0.25) is 0 Å². The molecule has 5 heteroatoms. The number of rotatable bonds is 2. The van der Waals surface area contributed by atoms with Gasteiger partial charge in [0.1, 0.15) is 5.60 Å². The Morgan fingerprint density at radius 3 is 2.54 bits per heavy atom. The lowest BCUT2D eigenvalue weighted by molar-refractivity contribution is -0.0560. The summed E-state index contributed by atoms with van der Waals surface area (Å²) >= 11 is 1.43. The lowest BCUT2D eigenvalue weighted by atomic mass is 9.73. The standard InChI is InChI=1S/C23H22N2O2S/c26-21-18(15-16-9-3-1-4-10-16)28-22-24-19-13-7-8-14-23(19,27)20(25(21)22)17-11-5-2-6-12-17/h1-6,9-12,15,19-20,27H,7-8,13-14H2. The van der Waals surface area contributed by atoms with Crippen LogP contribution in [0.2, 0.25) is 0 Å². The number of hydrogen-bond acceptors (Lipinski definition) is 4. The minimum Gasteiger partial charge on any atom is -0.385 e. The first-order valence-corrected chi connectivity index (χ1v) is 10.6. The summed E-state index contributed by atoms with van der Waals surface area (Å²) in [5.74, 6) is 0. The summed E-state index contributed by atoms with van der Waals surface area (Å²) in [4.78, 5) is 19.0. The highest BCUT2D eigenvalue weighted by molar-refractivity contribution is 7.07. The van der Waals surface area contributed by atoms with E-state index in [0.717, 1.165) is 35.2 Å². The van der Waals surface area contributed by atoms with Crippen LogP contribution in [0.25, 0.3) is 6.08 Å². The van der Waals surface area contributed by atoms with Crippen molar-refractivity contribution in [3.05, 3.63) is 91.5 Å². The average Bonchev–Trinajstić information content (AvgIpc) is 3.02. The van der Waals surface area contributed by atoms with E-state index in [2.05, 4.69) is 0 Å². The molecule has 1 aliphatic carbocycles. The van der Waals surface area contributed by atoms with E-state index >= 15 is 0 Å². The van der Waals surface area contributed by atoms with E-state index in [-0.39, 0.29) is 11.6 Å².